The molecule has 0 aliphatic rings. The molecule has 0 aromatic heterocycles. The van der Waals surface area contributed by atoms with Crippen molar-refractivity contribution < 1.29 is 23.7 Å². The highest BCUT2D eigenvalue weighted by atomic mass is 31.0. The molecule has 0 aromatic carbocycles. The summed E-state index contributed by atoms with van der Waals surface area (Å²) >= 11 is 0. The summed E-state index contributed by atoms with van der Waals surface area (Å²) in [6.07, 6.45) is 2.53. The molecule has 0 amide bonds. The molecule has 0 radical (unpaired) electrons. The highest BCUT2D eigenvalue weighted by Gasteiger charge is 2.60. The fourth-order valence-corrected chi connectivity index (χ4v) is 6.10. The first kappa shape index (κ1) is 30.6. The normalized spacial score (nSPS) is 20.2. The molecule has 0 saturated carbocycles. The second kappa shape index (κ2) is 15.5. The second-order valence-corrected chi connectivity index (χ2v) is 9.49. The second-order valence-electron chi connectivity index (χ2n) is 7.54. The van der Waals surface area contributed by atoms with E-state index in [1.807, 2.05) is 34.6 Å². The van der Waals surface area contributed by atoms with Crippen LogP contribution in [0.15, 0.2) is 0 Å². The Morgan fingerprint density at radius 2 is 1.00 bits per heavy atom. The molecule has 0 heterocycles. The lowest BCUT2D eigenvalue weighted by molar-refractivity contribution is -0.264. The van der Waals surface area contributed by atoms with Gasteiger partial charge in [0, 0.05) is 39.6 Å². The van der Waals surface area contributed by atoms with E-state index >= 15 is 0 Å². The van der Waals surface area contributed by atoms with Gasteiger partial charge in [0.1, 0.15) is 28.5 Å². The summed E-state index contributed by atoms with van der Waals surface area (Å²) in [5.74, 6) is 0. The van der Waals surface area contributed by atoms with E-state index in [1.165, 1.54) is 0 Å². The summed E-state index contributed by atoms with van der Waals surface area (Å²) in [6.45, 7) is 17.1. The van der Waals surface area contributed by atoms with Crippen LogP contribution in [-0.2, 0) is 23.7 Å². The van der Waals surface area contributed by atoms with E-state index in [0.29, 0.717) is 33.0 Å². The monoisotopic (exact) mass is 469 g/mol. The molecule has 30 heavy (non-hydrogen) atoms. The topological polar surface area (TPSA) is 72.2 Å². The van der Waals surface area contributed by atoms with Crippen LogP contribution < -0.4 is 5.73 Å². The van der Waals surface area contributed by atoms with Crippen LogP contribution >= 0.6 is 18.5 Å². The zero-order valence-corrected chi connectivity index (χ0v) is 22.8. The maximum Gasteiger partial charge on any atom is 0.139 e. The molecule has 6 nitrogen and oxygen atoms in total. The fourth-order valence-electron chi connectivity index (χ4n) is 4.43. The fraction of sp³-hybridized carbons (Fsp3) is 1.00. The Labute approximate surface area is 190 Å². The Kier molecular flexibility index (Phi) is 15.8. The molecule has 0 aliphatic carbocycles. The van der Waals surface area contributed by atoms with Crippen molar-refractivity contribution in [1.29, 1.82) is 0 Å². The summed E-state index contributed by atoms with van der Waals surface area (Å²) in [5, 5.41) is -1.32. The largest absolute Gasteiger partial charge is 0.372 e. The number of hydrogen-bond acceptors (Lipinski definition) is 6. The first-order valence-corrected chi connectivity index (χ1v) is 12.8. The predicted octanol–water partition coefficient (Wildman–Crippen LogP) is 4.35. The van der Waals surface area contributed by atoms with Crippen LogP contribution in [0.5, 0.6) is 0 Å². The van der Waals surface area contributed by atoms with Gasteiger partial charge in [-0.2, -0.15) is 0 Å². The molecule has 0 aromatic rings. The number of ether oxygens (including phenoxy) is 5. The minimum Gasteiger partial charge on any atom is -0.372 e. The van der Waals surface area contributed by atoms with E-state index in [4.69, 9.17) is 29.4 Å². The average Bonchev–Trinajstić information content (AvgIpc) is 2.69. The van der Waals surface area contributed by atoms with Crippen LogP contribution in [0.3, 0.4) is 0 Å². The minimum atomic E-state index is -0.959. The standard InChI is InChI=1S/C22H49NO5P2/c1-8-15-21(29,27-13-6)18(24-10-3)20(17-23,26-12-5)19(25-11-4)22(30,16-9-2)28-14-7/h18-19H,8-17,23,29-30H2,1-7H3. The molecule has 0 fully saturated rings. The first-order chi connectivity index (χ1) is 14.2. The van der Waals surface area contributed by atoms with Gasteiger partial charge in [0.15, 0.2) is 0 Å². The summed E-state index contributed by atoms with van der Waals surface area (Å²) < 4.78 is 31.9. The Bertz CT molecular complexity index is 398. The lowest BCUT2D eigenvalue weighted by Gasteiger charge is -2.54. The van der Waals surface area contributed by atoms with Crippen LogP contribution in [0.25, 0.3) is 0 Å². The van der Waals surface area contributed by atoms with E-state index in [0.717, 1.165) is 25.7 Å². The van der Waals surface area contributed by atoms with Gasteiger partial charge in [0.05, 0.1) is 0 Å². The maximum atomic E-state index is 6.52. The Hall–Kier alpha value is 0.620. The zero-order chi connectivity index (χ0) is 23.3. The summed E-state index contributed by atoms with van der Waals surface area (Å²) in [4.78, 5) is 0. The van der Waals surface area contributed by atoms with Gasteiger partial charge in [0.25, 0.3) is 0 Å². The first-order valence-electron chi connectivity index (χ1n) is 11.7. The molecule has 6 unspecified atom stereocenters. The van der Waals surface area contributed by atoms with Gasteiger partial charge in [-0.15, -0.1) is 18.5 Å². The lowest BCUT2D eigenvalue weighted by atomic mass is 9.80. The molecule has 0 spiro atoms. The lowest BCUT2D eigenvalue weighted by Crippen LogP contribution is -2.71. The van der Waals surface area contributed by atoms with Crippen LogP contribution in [0.2, 0.25) is 0 Å². The third kappa shape index (κ3) is 7.59. The van der Waals surface area contributed by atoms with E-state index in [2.05, 4.69) is 32.3 Å². The quantitative estimate of drug-likeness (QED) is 0.284. The van der Waals surface area contributed by atoms with E-state index < -0.39 is 28.5 Å². The molecule has 0 rings (SSSR count). The summed E-state index contributed by atoms with van der Waals surface area (Å²) in [5.41, 5.74) is 5.56. The van der Waals surface area contributed by atoms with Gasteiger partial charge in [-0.05, 0) is 47.5 Å². The van der Waals surface area contributed by atoms with E-state index in [1.54, 1.807) is 0 Å². The van der Waals surface area contributed by atoms with Crippen LogP contribution in [-0.4, -0.2) is 68.1 Å². The van der Waals surface area contributed by atoms with E-state index in [9.17, 15) is 0 Å². The van der Waals surface area contributed by atoms with Gasteiger partial charge >= 0.3 is 0 Å². The van der Waals surface area contributed by atoms with Crippen molar-refractivity contribution in [3.05, 3.63) is 0 Å². The van der Waals surface area contributed by atoms with Crippen molar-refractivity contribution in [1.82, 2.24) is 0 Å². The molecule has 2 N–H and O–H groups in total. The SMILES string of the molecule is CCCC(P)(OCC)C(OCC)C(CN)(OCC)C(OCC)C(P)(CCC)OCC. The highest BCUT2D eigenvalue weighted by molar-refractivity contribution is 7.19. The molecule has 0 bridgehead atoms. The Balaban J connectivity index is 6.80. The molecule has 182 valence electrons. The van der Waals surface area contributed by atoms with Gasteiger partial charge < -0.3 is 29.4 Å². The summed E-state index contributed by atoms with van der Waals surface area (Å²) in [7, 11) is 5.81. The van der Waals surface area contributed by atoms with Crippen LogP contribution in [0.1, 0.15) is 74.1 Å². The minimum absolute atomic E-state index is 0.218. The molecular weight excluding hydrogens is 420 g/mol. The number of hydrogen-bond donors (Lipinski definition) is 1. The molecule has 8 heteroatoms. The third-order valence-electron chi connectivity index (χ3n) is 5.28. The van der Waals surface area contributed by atoms with Crippen LogP contribution in [0, 0.1) is 0 Å². The van der Waals surface area contributed by atoms with Crippen LogP contribution in [0.4, 0.5) is 0 Å². The van der Waals surface area contributed by atoms with Gasteiger partial charge in [0.2, 0.25) is 0 Å². The summed E-state index contributed by atoms with van der Waals surface area (Å²) in [6, 6.07) is 0. The smallest absolute Gasteiger partial charge is 0.139 e. The van der Waals surface area contributed by atoms with Crippen molar-refractivity contribution in [2.75, 3.05) is 39.6 Å². The number of rotatable bonds is 19. The van der Waals surface area contributed by atoms with Gasteiger partial charge in [-0.1, -0.05) is 26.7 Å². The Morgan fingerprint density at radius 3 is 1.23 bits per heavy atom. The molecule has 6 atom stereocenters. The van der Waals surface area contributed by atoms with Gasteiger partial charge in [-0.3, -0.25) is 0 Å². The number of nitrogens with two attached hydrogens (primary N) is 1. The maximum absolute atomic E-state index is 6.52. The highest BCUT2D eigenvalue weighted by Crippen LogP contribution is 2.47. The van der Waals surface area contributed by atoms with Crippen molar-refractivity contribution in [3.63, 3.8) is 0 Å². The predicted molar refractivity (Wildman–Crippen MR) is 132 cm³/mol. The molecule has 0 saturated heterocycles. The van der Waals surface area contributed by atoms with Crippen molar-refractivity contribution >= 4 is 18.5 Å². The van der Waals surface area contributed by atoms with Gasteiger partial charge in [-0.25, -0.2) is 0 Å². The Morgan fingerprint density at radius 1 is 0.633 bits per heavy atom. The molecule has 0 aliphatic heterocycles. The third-order valence-corrected chi connectivity index (χ3v) is 6.80. The van der Waals surface area contributed by atoms with Crippen molar-refractivity contribution in [2.45, 2.75) is 103 Å². The van der Waals surface area contributed by atoms with Crippen molar-refractivity contribution in [2.24, 2.45) is 5.73 Å². The average molecular weight is 470 g/mol. The van der Waals surface area contributed by atoms with E-state index in [-0.39, 0.29) is 6.54 Å². The zero-order valence-electron chi connectivity index (χ0n) is 20.5. The van der Waals surface area contributed by atoms with Crippen molar-refractivity contribution in [3.8, 4) is 0 Å². The molecular formula is C22H49NO5P2.